The molecule has 0 saturated carbocycles. The number of nitrogens with two attached hydrogens (primary N) is 1. The Morgan fingerprint density at radius 3 is 2.72 bits per heavy atom. The first-order valence-electron chi connectivity index (χ1n) is 4.99. The molecule has 0 unspecified atom stereocenters. The van der Waals surface area contributed by atoms with E-state index in [0.29, 0.717) is 0 Å². The van der Waals surface area contributed by atoms with Gasteiger partial charge in [0.15, 0.2) is 5.96 Å². The molecule has 1 amide bonds. The van der Waals surface area contributed by atoms with Crippen molar-refractivity contribution in [2.75, 3.05) is 7.05 Å². The second-order valence-electron chi connectivity index (χ2n) is 4.10. The highest BCUT2D eigenvalue weighted by Crippen LogP contribution is 2.46. The topological polar surface area (TPSA) is 58.7 Å². The molecular formula is C10H10Br2IN3OS. The van der Waals surface area contributed by atoms with E-state index in [-0.39, 0.29) is 15.8 Å². The number of hydrogen-bond donors (Lipinski definition) is 1. The van der Waals surface area contributed by atoms with Crippen molar-refractivity contribution in [3.8, 4) is 0 Å². The van der Waals surface area contributed by atoms with Gasteiger partial charge in [0.2, 0.25) is 5.91 Å². The van der Waals surface area contributed by atoms with E-state index in [9.17, 15) is 4.79 Å². The van der Waals surface area contributed by atoms with Gasteiger partial charge in [-0.1, -0.05) is 22.6 Å². The monoisotopic (exact) mass is 505 g/mol. The number of aliphatic imine (C=N–C) groups is 1. The predicted molar refractivity (Wildman–Crippen MR) is 89.3 cm³/mol. The molecule has 2 N–H and O–H groups in total. The molecule has 4 nitrogen and oxygen atoms in total. The minimum atomic E-state index is -0.635. The quantitative estimate of drug-likeness (QED) is 0.470. The van der Waals surface area contributed by atoms with Crippen molar-refractivity contribution in [3.63, 3.8) is 0 Å². The first-order chi connectivity index (χ1) is 8.29. The van der Waals surface area contributed by atoms with E-state index >= 15 is 0 Å². The summed E-state index contributed by atoms with van der Waals surface area (Å²) in [6, 6.07) is 0. The van der Waals surface area contributed by atoms with Gasteiger partial charge in [0, 0.05) is 26.3 Å². The van der Waals surface area contributed by atoms with E-state index in [2.05, 4.69) is 59.4 Å². The third kappa shape index (κ3) is 2.14. The van der Waals surface area contributed by atoms with Crippen LogP contribution in [-0.2, 0) is 10.3 Å². The molecule has 0 aliphatic carbocycles. The summed E-state index contributed by atoms with van der Waals surface area (Å²) >= 11 is 10.7. The highest BCUT2D eigenvalue weighted by atomic mass is 127. The number of amides is 1. The highest BCUT2D eigenvalue weighted by molar-refractivity contribution is 14.1. The molecule has 1 aromatic rings. The van der Waals surface area contributed by atoms with Gasteiger partial charge < -0.3 is 5.73 Å². The van der Waals surface area contributed by atoms with Crippen LogP contribution in [0.2, 0.25) is 0 Å². The lowest BCUT2D eigenvalue weighted by molar-refractivity contribution is -0.127. The second kappa shape index (κ2) is 5.02. The zero-order valence-corrected chi connectivity index (χ0v) is 15.7. The zero-order chi connectivity index (χ0) is 13.7. The maximum Gasteiger partial charge on any atom is 0.244 e. The number of hydrogen-bond acceptors (Lipinski definition) is 4. The van der Waals surface area contributed by atoms with Gasteiger partial charge in [0.05, 0.1) is 0 Å². The second-order valence-corrected chi connectivity index (χ2v) is 7.88. The van der Waals surface area contributed by atoms with E-state index in [1.54, 1.807) is 18.4 Å². The summed E-state index contributed by atoms with van der Waals surface area (Å²) in [5.41, 5.74) is 5.19. The molecule has 1 aromatic heterocycles. The van der Waals surface area contributed by atoms with Gasteiger partial charge in [-0.15, -0.1) is 11.3 Å². The molecule has 0 spiro atoms. The molecule has 0 radical (unpaired) electrons. The van der Waals surface area contributed by atoms with Crippen LogP contribution in [0.5, 0.6) is 0 Å². The van der Waals surface area contributed by atoms with Crippen LogP contribution in [0.1, 0.15) is 11.8 Å². The van der Waals surface area contributed by atoms with Gasteiger partial charge in [0.1, 0.15) is 9.46 Å². The van der Waals surface area contributed by atoms with Crippen molar-refractivity contribution in [1.29, 1.82) is 0 Å². The number of carbonyl (C=O) groups excluding carboxylic acids is 1. The summed E-state index contributed by atoms with van der Waals surface area (Å²) in [4.78, 5) is 19.1. The minimum Gasteiger partial charge on any atom is -0.369 e. The minimum absolute atomic E-state index is 0.0259. The van der Waals surface area contributed by atoms with Gasteiger partial charge in [-0.2, -0.15) is 0 Å². The van der Waals surface area contributed by atoms with Crippen molar-refractivity contribution in [1.82, 2.24) is 4.90 Å². The lowest BCUT2D eigenvalue weighted by atomic mass is 9.94. The number of guanidine groups is 1. The number of thiophene rings is 1. The molecule has 8 heteroatoms. The molecule has 1 aliphatic rings. The third-order valence-corrected chi connectivity index (χ3v) is 8.38. The molecule has 18 heavy (non-hydrogen) atoms. The van der Waals surface area contributed by atoms with Crippen LogP contribution in [0, 0.1) is 0 Å². The lowest BCUT2D eigenvalue weighted by Gasteiger charge is -2.37. The fourth-order valence-electron chi connectivity index (χ4n) is 1.72. The third-order valence-electron chi connectivity index (χ3n) is 2.88. The van der Waals surface area contributed by atoms with Crippen LogP contribution >= 0.6 is 65.8 Å². The predicted octanol–water partition coefficient (Wildman–Crippen LogP) is 3.08. The van der Waals surface area contributed by atoms with Gasteiger partial charge in [-0.3, -0.25) is 9.69 Å². The SMILES string of the molecule is CN1C(=O)[C@@H](I)[C@@](C)(c2scc(Br)c2Br)N=C1N. The van der Waals surface area contributed by atoms with Crippen LogP contribution in [0.15, 0.2) is 19.3 Å². The van der Waals surface area contributed by atoms with E-state index in [1.807, 2.05) is 12.3 Å². The van der Waals surface area contributed by atoms with Gasteiger partial charge in [0.25, 0.3) is 0 Å². The molecule has 0 aromatic carbocycles. The smallest absolute Gasteiger partial charge is 0.244 e. The van der Waals surface area contributed by atoms with Crippen LogP contribution in [0.3, 0.4) is 0 Å². The molecule has 1 aliphatic heterocycles. The maximum absolute atomic E-state index is 12.2. The van der Waals surface area contributed by atoms with Crippen molar-refractivity contribution in [3.05, 3.63) is 19.2 Å². The first-order valence-corrected chi connectivity index (χ1v) is 8.70. The molecule has 2 rings (SSSR count). The Morgan fingerprint density at radius 1 is 1.61 bits per heavy atom. The van der Waals surface area contributed by atoms with E-state index < -0.39 is 5.54 Å². The van der Waals surface area contributed by atoms with Crippen LogP contribution in [0.25, 0.3) is 0 Å². The molecule has 2 heterocycles. The Hall–Kier alpha value is 0.330. The highest BCUT2D eigenvalue weighted by Gasteiger charge is 2.46. The normalized spacial score (nSPS) is 28.5. The van der Waals surface area contributed by atoms with E-state index in [0.717, 1.165) is 13.8 Å². The summed E-state index contributed by atoms with van der Waals surface area (Å²) < 4.78 is 1.62. The van der Waals surface area contributed by atoms with Gasteiger partial charge >= 0.3 is 0 Å². The molecule has 0 bridgehead atoms. The standard InChI is InChI=1S/C10H10Br2IN3OS/c1-10(7-5(12)4(11)3-18-7)6(13)8(17)16(2)9(14)15-10/h3,6H,1-2H3,(H2,14,15)/t6-,10+/m1/s1. The van der Waals surface area contributed by atoms with Crippen LogP contribution < -0.4 is 5.73 Å². The molecule has 2 atom stereocenters. The van der Waals surface area contributed by atoms with Crippen molar-refractivity contribution in [2.24, 2.45) is 10.7 Å². The number of nitrogens with zero attached hydrogens (tertiary/aromatic N) is 2. The van der Waals surface area contributed by atoms with Gasteiger partial charge in [-0.05, 0) is 38.8 Å². The summed E-state index contributed by atoms with van der Waals surface area (Å²) in [6.45, 7) is 1.94. The fraction of sp³-hybridized carbons (Fsp3) is 0.400. The summed E-state index contributed by atoms with van der Waals surface area (Å²) in [6.07, 6.45) is 0. The van der Waals surface area contributed by atoms with Crippen LogP contribution in [-0.4, -0.2) is 27.7 Å². The van der Waals surface area contributed by atoms with Crippen molar-refractivity contribution < 1.29 is 4.79 Å². The Labute approximate surface area is 139 Å². The lowest BCUT2D eigenvalue weighted by Crippen LogP contribution is -2.54. The summed E-state index contributed by atoms with van der Waals surface area (Å²) in [5.74, 6) is 0.230. The number of halogens is 3. The maximum atomic E-state index is 12.2. The Kier molecular flexibility index (Phi) is 4.11. The number of alkyl halides is 1. The van der Waals surface area contributed by atoms with Crippen molar-refractivity contribution >= 4 is 77.7 Å². The largest absolute Gasteiger partial charge is 0.369 e. The average molecular weight is 507 g/mol. The van der Waals surface area contributed by atoms with E-state index in [4.69, 9.17) is 5.73 Å². The van der Waals surface area contributed by atoms with E-state index in [1.165, 1.54) is 4.90 Å². The number of rotatable bonds is 1. The zero-order valence-electron chi connectivity index (χ0n) is 9.58. The Balaban J connectivity index is 2.60. The summed E-state index contributed by atoms with van der Waals surface area (Å²) in [5, 5.41) is 1.97. The molecule has 0 fully saturated rings. The number of carbonyl (C=O) groups is 1. The fourth-order valence-corrected chi connectivity index (χ4v) is 5.31. The first kappa shape index (κ1) is 14.7. The average Bonchev–Trinajstić information content (AvgIpc) is 2.65. The Bertz CT molecular complexity index is 547. The van der Waals surface area contributed by atoms with Crippen molar-refractivity contribution in [2.45, 2.75) is 16.4 Å². The molecule has 98 valence electrons. The molecular weight excluding hydrogens is 497 g/mol. The Morgan fingerprint density at radius 2 is 2.22 bits per heavy atom. The molecule has 0 saturated heterocycles. The van der Waals surface area contributed by atoms with Crippen LogP contribution in [0.4, 0.5) is 0 Å². The van der Waals surface area contributed by atoms with Gasteiger partial charge in [-0.25, -0.2) is 4.99 Å². The summed E-state index contributed by atoms with van der Waals surface area (Å²) in [7, 11) is 1.64.